The third-order valence-corrected chi connectivity index (χ3v) is 5.95. The number of rotatable bonds is 6. The van der Waals surface area contributed by atoms with Gasteiger partial charge in [0.1, 0.15) is 0 Å². The highest BCUT2D eigenvalue weighted by Gasteiger charge is 2.34. The third kappa shape index (κ3) is 4.32. The van der Waals surface area contributed by atoms with Gasteiger partial charge in [-0.1, -0.05) is 6.07 Å². The van der Waals surface area contributed by atoms with Crippen LogP contribution in [0.2, 0.25) is 0 Å². The van der Waals surface area contributed by atoms with E-state index in [2.05, 4.69) is 11.0 Å². The number of likely N-dealkylation sites (tertiary alicyclic amines) is 1. The van der Waals surface area contributed by atoms with Crippen molar-refractivity contribution in [3.8, 4) is 11.5 Å². The number of carbonyl (C=O) groups is 1. The van der Waals surface area contributed by atoms with Gasteiger partial charge in [-0.15, -0.1) is 0 Å². The van der Waals surface area contributed by atoms with E-state index in [0.717, 1.165) is 63.0 Å². The Hall–Kier alpha value is -1.75. The summed E-state index contributed by atoms with van der Waals surface area (Å²) in [4.78, 5) is 15.1. The molecule has 2 fully saturated rings. The average Bonchev–Trinajstić information content (AvgIpc) is 3.12. The van der Waals surface area contributed by atoms with Crippen molar-refractivity contribution in [1.29, 1.82) is 0 Å². The number of hydrogen-bond acceptors (Lipinski definition) is 4. The van der Waals surface area contributed by atoms with Gasteiger partial charge in [0.2, 0.25) is 5.91 Å². The van der Waals surface area contributed by atoms with Crippen molar-refractivity contribution in [3.05, 3.63) is 23.8 Å². The molecule has 1 amide bonds. The topological polar surface area (TPSA) is 64.8 Å². The number of benzene rings is 1. The van der Waals surface area contributed by atoms with Gasteiger partial charge in [-0.3, -0.25) is 4.79 Å². The summed E-state index contributed by atoms with van der Waals surface area (Å²) in [5, 5.41) is 0. The Morgan fingerprint density at radius 2 is 1.96 bits per heavy atom. The predicted octanol–water partition coefficient (Wildman–Crippen LogP) is 3.14. The first-order chi connectivity index (χ1) is 12.6. The Bertz CT molecular complexity index is 619. The van der Waals surface area contributed by atoms with Crippen LogP contribution in [0, 0.1) is 5.92 Å². The van der Waals surface area contributed by atoms with E-state index >= 15 is 0 Å². The second-order valence-corrected chi connectivity index (χ2v) is 7.68. The Labute approximate surface area is 156 Å². The standard InChI is InChI=1S/C21H32N2O3/c1-25-19-11-7-15(13-20(19)26-2)6-10-18-5-3-4-12-23(18)21(24)16-8-9-17(22)14-16/h7,11,13,16-18H,3-6,8-10,12,14,22H2,1-2H3. The molecule has 1 aromatic carbocycles. The molecule has 1 aliphatic carbocycles. The molecule has 1 aliphatic heterocycles. The first-order valence-corrected chi connectivity index (χ1v) is 9.89. The number of hydrogen-bond donors (Lipinski definition) is 1. The van der Waals surface area contributed by atoms with Crippen molar-refractivity contribution in [2.75, 3.05) is 20.8 Å². The molecule has 1 aromatic rings. The average molecular weight is 360 g/mol. The number of nitrogens with zero attached hydrogens (tertiary/aromatic N) is 1. The molecule has 1 saturated carbocycles. The van der Waals surface area contributed by atoms with Crippen LogP contribution < -0.4 is 15.2 Å². The minimum absolute atomic E-state index is 0.145. The SMILES string of the molecule is COc1ccc(CCC2CCCCN2C(=O)C2CCC(N)C2)cc1OC. The van der Waals surface area contributed by atoms with Crippen LogP contribution in [0.5, 0.6) is 11.5 Å². The van der Waals surface area contributed by atoms with Crippen molar-refractivity contribution >= 4 is 5.91 Å². The molecule has 3 atom stereocenters. The van der Waals surface area contributed by atoms with E-state index < -0.39 is 0 Å². The lowest BCUT2D eigenvalue weighted by atomic mass is 9.93. The second-order valence-electron chi connectivity index (χ2n) is 7.68. The fourth-order valence-electron chi connectivity index (χ4n) is 4.44. The highest BCUT2D eigenvalue weighted by atomic mass is 16.5. The number of aryl methyl sites for hydroxylation is 1. The maximum Gasteiger partial charge on any atom is 0.225 e. The zero-order valence-electron chi connectivity index (χ0n) is 16.1. The van der Waals surface area contributed by atoms with Crippen LogP contribution in [-0.2, 0) is 11.2 Å². The largest absolute Gasteiger partial charge is 0.493 e. The van der Waals surface area contributed by atoms with Crippen molar-refractivity contribution in [1.82, 2.24) is 4.90 Å². The molecule has 2 aliphatic rings. The van der Waals surface area contributed by atoms with Gasteiger partial charge in [-0.25, -0.2) is 0 Å². The molecule has 5 nitrogen and oxygen atoms in total. The molecule has 0 radical (unpaired) electrons. The van der Waals surface area contributed by atoms with E-state index in [9.17, 15) is 4.79 Å². The minimum atomic E-state index is 0.145. The van der Waals surface area contributed by atoms with E-state index in [1.165, 1.54) is 12.0 Å². The third-order valence-electron chi connectivity index (χ3n) is 5.95. The lowest BCUT2D eigenvalue weighted by Gasteiger charge is -2.37. The van der Waals surface area contributed by atoms with Crippen LogP contribution in [-0.4, -0.2) is 43.7 Å². The molecular weight excluding hydrogens is 328 g/mol. The van der Waals surface area contributed by atoms with Crippen LogP contribution in [0.3, 0.4) is 0 Å². The van der Waals surface area contributed by atoms with Gasteiger partial charge < -0.3 is 20.1 Å². The quantitative estimate of drug-likeness (QED) is 0.846. The smallest absolute Gasteiger partial charge is 0.225 e. The van der Waals surface area contributed by atoms with E-state index in [-0.39, 0.29) is 12.0 Å². The van der Waals surface area contributed by atoms with Crippen molar-refractivity contribution in [2.45, 2.75) is 63.5 Å². The van der Waals surface area contributed by atoms with Crippen LogP contribution >= 0.6 is 0 Å². The second kappa shape index (κ2) is 8.76. The van der Waals surface area contributed by atoms with Gasteiger partial charge in [-0.2, -0.15) is 0 Å². The van der Waals surface area contributed by atoms with E-state index in [1.54, 1.807) is 14.2 Å². The van der Waals surface area contributed by atoms with Crippen LogP contribution in [0.15, 0.2) is 18.2 Å². The predicted molar refractivity (Wildman–Crippen MR) is 103 cm³/mol. The summed E-state index contributed by atoms with van der Waals surface area (Å²) >= 11 is 0. The monoisotopic (exact) mass is 360 g/mol. The molecule has 144 valence electrons. The first-order valence-electron chi connectivity index (χ1n) is 9.89. The molecule has 2 N–H and O–H groups in total. The van der Waals surface area contributed by atoms with Crippen LogP contribution in [0.25, 0.3) is 0 Å². The van der Waals surface area contributed by atoms with Gasteiger partial charge in [-0.05, 0) is 69.1 Å². The fourth-order valence-corrected chi connectivity index (χ4v) is 4.44. The summed E-state index contributed by atoms with van der Waals surface area (Å²) < 4.78 is 10.7. The Balaban J connectivity index is 1.62. The summed E-state index contributed by atoms with van der Waals surface area (Å²) in [5.41, 5.74) is 7.25. The Morgan fingerprint density at radius 3 is 2.65 bits per heavy atom. The van der Waals surface area contributed by atoms with Crippen LogP contribution in [0.4, 0.5) is 0 Å². The number of nitrogens with two attached hydrogens (primary N) is 1. The Morgan fingerprint density at radius 1 is 1.15 bits per heavy atom. The van der Waals surface area contributed by atoms with Gasteiger partial charge in [0, 0.05) is 24.5 Å². The fraction of sp³-hybridized carbons (Fsp3) is 0.667. The molecule has 0 aromatic heterocycles. The number of piperidine rings is 1. The summed E-state index contributed by atoms with van der Waals surface area (Å²) in [5.74, 6) is 2.01. The molecule has 1 saturated heterocycles. The van der Waals surface area contributed by atoms with Gasteiger partial charge in [0.25, 0.3) is 0 Å². The van der Waals surface area contributed by atoms with E-state index in [1.807, 2.05) is 12.1 Å². The maximum absolute atomic E-state index is 13.0. The summed E-state index contributed by atoms with van der Waals surface area (Å²) in [7, 11) is 3.31. The van der Waals surface area contributed by atoms with Crippen LogP contribution in [0.1, 0.15) is 50.5 Å². The molecule has 3 unspecified atom stereocenters. The van der Waals surface area contributed by atoms with Gasteiger partial charge >= 0.3 is 0 Å². The maximum atomic E-state index is 13.0. The van der Waals surface area contributed by atoms with Crippen molar-refractivity contribution in [2.24, 2.45) is 11.7 Å². The lowest BCUT2D eigenvalue weighted by molar-refractivity contribution is -0.139. The minimum Gasteiger partial charge on any atom is -0.493 e. The van der Waals surface area contributed by atoms with E-state index in [4.69, 9.17) is 15.2 Å². The van der Waals surface area contributed by atoms with Gasteiger partial charge in [0.15, 0.2) is 11.5 Å². The summed E-state index contributed by atoms with van der Waals surface area (Å²) in [6.45, 7) is 0.904. The highest BCUT2D eigenvalue weighted by Crippen LogP contribution is 2.31. The summed E-state index contributed by atoms with van der Waals surface area (Å²) in [6.07, 6.45) is 8.19. The first kappa shape index (κ1) is 19.0. The number of carbonyl (C=O) groups excluding carboxylic acids is 1. The number of methoxy groups -OCH3 is 2. The molecule has 5 heteroatoms. The lowest BCUT2D eigenvalue weighted by Crippen LogP contribution is -2.46. The van der Waals surface area contributed by atoms with Crippen molar-refractivity contribution in [3.63, 3.8) is 0 Å². The van der Waals surface area contributed by atoms with E-state index in [0.29, 0.717) is 11.9 Å². The normalized spacial score (nSPS) is 26.0. The zero-order valence-corrected chi connectivity index (χ0v) is 16.1. The highest BCUT2D eigenvalue weighted by molar-refractivity contribution is 5.79. The Kier molecular flexibility index (Phi) is 6.41. The molecule has 1 heterocycles. The van der Waals surface area contributed by atoms with Gasteiger partial charge in [0.05, 0.1) is 14.2 Å². The summed E-state index contributed by atoms with van der Waals surface area (Å²) in [6, 6.07) is 6.65. The zero-order chi connectivity index (χ0) is 18.5. The molecule has 26 heavy (non-hydrogen) atoms. The molecule has 0 spiro atoms. The molecule has 0 bridgehead atoms. The number of amides is 1. The molecular formula is C21H32N2O3. The molecule has 3 rings (SSSR count). The van der Waals surface area contributed by atoms with Crippen molar-refractivity contribution < 1.29 is 14.3 Å². The number of ether oxygens (including phenoxy) is 2.